The monoisotopic (exact) mass is 1440 g/mol. The van der Waals surface area contributed by atoms with E-state index < -0.39 is 124 Å². The van der Waals surface area contributed by atoms with Crippen molar-refractivity contribution in [2.24, 2.45) is 0 Å². The van der Waals surface area contributed by atoms with E-state index in [2.05, 4.69) is 43.5 Å². The summed E-state index contributed by atoms with van der Waals surface area (Å²) < 4.78 is 34.4. The number of aliphatic hydroxyl groups is 11. The zero-order valence-corrected chi connectivity index (χ0v) is 63.7. The highest BCUT2D eigenvalue weighted by atomic mass is 16.8. The van der Waals surface area contributed by atoms with Gasteiger partial charge in [-0.15, -0.1) is 0 Å². The first-order valence-corrected chi connectivity index (χ1v) is 41.7. The summed E-state index contributed by atoms with van der Waals surface area (Å²) in [6.07, 6.45) is 51.6. The molecule has 3 aliphatic heterocycles. The molecule has 1 amide bonds. The molecule has 0 saturated carbocycles. The molecule has 0 aromatic carbocycles. The van der Waals surface area contributed by atoms with Gasteiger partial charge in [-0.25, -0.2) is 0 Å². The van der Waals surface area contributed by atoms with Crippen LogP contribution in [0.1, 0.15) is 348 Å². The Bertz CT molecular complexity index is 1960. The molecule has 0 radical (unpaired) electrons. The van der Waals surface area contributed by atoms with Crippen molar-refractivity contribution in [2.45, 2.75) is 452 Å². The Balaban J connectivity index is 1.32. The van der Waals surface area contributed by atoms with Crippen molar-refractivity contribution in [1.82, 2.24) is 5.32 Å². The highest BCUT2D eigenvalue weighted by Gasteiger charge is 2.54. The van der Waals surface area contributed by atoms with Gasteiger partial charge in [0, 0.05) is 6.42 Å². The Labute approximate surface area is 612 Å². The topological polar surface area (TPSA) is 307 Å². The standard InChI is InChI=1S/C82H153NO18/c1-3-5-7-9-11-13-15-17-19-21-23-24-25-26-27-28-29-30-31-32-33-34-35-36-37-38-39-40-42-44-46-48-50-52-54-56-58-60-70(88)83-65(66(87)59-57-55-53-51-49-47-45-43-41-22-20-18-16-14-12-10-8-6-4-2)64-96-80-76(94)73(91)78(68(62-85)98-80)101-82-77(95)74(92)79(69(63-86)99-82)100-81-75(93)72(90)71(89)67(61-84)97-81/h21,23,49,51,57,59,65-69,71-82,84-87,89-95H,3-20,22,24-48,50,52-56,58,60-64H2,1-2H3,(H,83,88)/b23-21-,51-49+,59-57+. The van der Waals surface area contributed by atoms with E-state index in [-0.39, 0.29) is 18.9 Å². The molecule has 3 aliphatic rings. The highest BCUT2D eigenvalue weighted by Crippen LogP contribution is 2.33. The number of carbonyl (C=O) groups is 1. The lowest BCUT2D eigenvalue weighted by molar-refractivity contribution is -0.379. The van der Waals surface area contributed by atoms with Gasteiger partial charge >= 0.3 is 0 Å². The van der Waals surface area contributed by atoms with E-state index in [0.29, 0.717) is 12.8 Å². The fourth-order valence-electron chi connectivity index (χ4n) is 14.2. The number of carbonyl (C=O) groups excluding carboxylic acids is 1. The number of allylic oxidation sites excluding steroid dienone is 5. The normalized spacial score (nSPS) is 26.4. The van der Waals surface area contributed by atoms with E-state index in [1.165, 1.54) is 276 Å². The Kier molecular flexibility index (Phi) is 58.1. The van der Waals surface area contributed by atoms with Crippen LogP contribution in [0.25, 0.3) is 0 Å². The number of nitrogens with one attached hydrogen (secondary N) is 1. The minimum atomic E-state index is -1.98. The number of amides is 1. The SMILES string of the molecule is CCCCCCCCCC/C=C\CCCCCCCCCCCCCCCCCCCCCCCCCCCC(=O)NC(COC1OC(CO)C(OC2OC(CO)C(OC3OC(CO)C(O)C(O)C3O)C(O)C2O)C(O)C1O)C(O)/C=C/CC/C=C/CCCCCCCCCCCCCCC. The van der Waals surface area contributed by atoms with Crippen molar-refractivity contribution >= 4 is 5.91 Å². The van der Waals surface area contributed by atoms with Crippen LogP contribution in [-0.2, 0) is 33.2 Å². The molecule has 0 aliphatic carbocycles. The molecular formula is C82H153NO18. The first-order chi connectivity index (χ1) is 49.3. The highest BCUT2D eigenvalue weighted by molar-refractivity contribution is 5.76. The summed E-state index contributed by atoms with van der Waals surface area (Å²) in [4.78, 5) is 13.5. The number of hydrogen-bond acceptors (Lipinski definition) is 18. The van der Waals surface area contributed by atoms with Gasteiger partial charge in [0.2, 0.25) is 5.91 Å². The lowest BCUT2D eigenvalue weighted by atomic mass is 9.96. The van der Waals surface area contributed by atoms with Crippen molar-refractivity contribution in [2.75, 3.05) is 26.4 Å². The minimum absolute atomic E-state index is 0.240. The molecule has 19 nitrogen and oxygen atoms in total. The van der Waals surface area contributed by atoms with Crippen LogP contribution in [0.15, 0.2) is 36.5 Å². The zero-order chi connectivity index (χ0) is 73.2. The Morgan fingerprint density at radius 3 is 0.990 bits per heavy atom. The third-order valence-electron chi connectivity index (χ3n) is 20.9. The van der Waals surface area contributed by atoms with Crippen LogP contribution in [0.3, 0.4) is 0 Å². The maximum absolute atomic E-state index is 13.5. The van der Waals surface area contributed by atoms with Crippen LogP contribution in [0.4, 0.5) is 0 Å². The second kappa shape index (κ2) is 63.0. The largest absolute Gasteiger partial charge is 0.394 e. The Hall–Kier alpha value is -1.99. The summed E-state index contributed by atoms with van der Waals surface area (Å²) in [6.45, 7) is 1.76. The maximum Gasteiger partial charge on any atom is 0.220 e. The summed E-state index contributed by atoms with van der Waals surface area (Å²) >= 11 is 0. The summed E-state index contributed by atoms with van der Waals surface area (Å²) in [7, 11) is 0. The van der Waals surface area contributed by atoms with Gasteiger partial charge in [-0.05, 0) is 57.8 Å². The van der Waals surface area contributed by atoms with Gasteiger partial charge in [0.05, 0.1) is 38.6 Å². The van der Waals surface area contributed by atoms with Gasteiger partial charge in [-0.1, -0.05) is 320 Å². The smallest absolute Gasteiger partial charge is 0.220 e. The number of unbranched alkanes of at least 4 members (excludes halogenated alkanes) is 47. The maximum atomic E-state index is 13.5. The molecule has 594 valence electrons. The van der Waals surface area contributed by atoms with Gasteiger partial charge < -0.3 is 89.9 Å². The molecular weight excluding hydrogens is 1290 g/mol. The lowest BCUT2D eigenvalue weighted by Crippen LogP contribution is -2.66. The average molecular weight is 1440 g/mol. The zero-order valence-electron chi connectivity index (χ0n) is 63.7. The van der Waals surface area contributed by atoms with Crippen molar-refractivity contribution in [1.29, 1.82) is 0 Å². The molecule has 101 heavy (non-hydrogen) atoms. The third kappa shape index (κ3) is 43.0. The molecule has 3 fully saturated rings. The van der Waals surface area contributed by atoms with Crippen LogP contribution in [0.5, 0.6) is 0 Å². The van der Waals surface area contributed by atoms with Gasteiger partial charge in [0.15, 0.2) is 18.9 Å². The fraction of sp³-hybridized carbons (Fsp3) is 0.915. The van der Waals surface area contributed by atoms with Gasteiger partial charge in [0.1, 0.15) is 73.2 Å². The van der Waals surface area contributed by atoms with Crippen LogP contribution >= 0.6 is 0 Å². The number of hydrogen-bond donors (Lipinski definition) is 12. The second-order valence-electron chi connectivity index (χ2n) is 29.9. The van der Waals surface area contributed by atoms with Crippen molar-refractivity contribution in [3.63, 3.8) is 0 Å². The number of rotatable bonds is 67. The van der Waals surface area contributed by atoms with Crippen molar-refractivity contribution in [3.05, 3.63) is 36.5 Å². The predicted octanol–water partition coefficient (Wildman–Crippen LogP) is 14.3. The molecule has 0 spiro atoms. The molecule has 19 heteroatoms. The molecule has 3 saturated heterocycles. The van der Waals surface area contributed by atoms with Crippen molar-refractivity contribution < 1.29 is 89.4 Å². The predicted molar refractivity (Wildman–Crippen MR) is 402 cm³/mol. The van der Waals surface area contributed by atoms with Crippen LogP contribution < -0.4 is 5.32 Å². The first kappa shape index (κ1) is 93.2. The second-order valence-corrected chi connectivity index (χ2v) is 29.9. The Morgan fingerprint density at radius 2 is 0.634 bits per heavy atom. The summed E-state index contributed by atoms with van der Waals surface area (Å²) in [5.74, 6) is -0.278. The molecule has 0 bridgehead atoms. The number of ether oxygens (including phenoxy) is 6. The quantitative estimate of drug-likeness (QED) is 0.0199. The molecule has 3 rings (SSSR count). The third-order valence-corrected chi connectivity index (χ3v) is 20.9. The molecule has 3 heterocycles. The van der Waals surface area contributed by atoms with E-state index in [1.54, 1.807) is 6.08 Å². The van der Waals surface area contributed by atoms with Crippen molar-refractivity contribution in [3.8, 4) is 0 Å². The first-order valence-electron chi connectivity index (χ1n) is 41.7. The molecule has 17 atom stereocenters. The minimum Gasteiger partial charge on any atom is -0.394 e. The van der Waals surface area contributed by atoms with Gasteiger partial charge in [-0.2, -0.15) is 0 Å². The molecule has 17 unspecified atom stereocenters. The van der Waals surface area contributed by atoms with Crippen LogP contribution in [-0.4, -0.2) is 193 Å². The van der Waals surface area contributed by atoms with E-state index in [9.17, 15) is 61.0 Å². The van der Waals surface area contributed by atoms with Crippen LogP contribution in [0, 0.1) is 0 Å². The van der Waals surface area contributed by atoms with Crippen LogP contribution in [0.2, 0.25) is 0 Å². The lowest BCUT2D eigenvalue weighted by Gasteiger charge is -2.48. The molecule has 0 aromatic heterocycles. The van der Waals surface area contributed by atoms with Gasteiger partial charge in [-0.3, -0.25) is 4.79 Å². The summed E-state index contributed by atoms with van der Waals surface area (Å²) in [5.41, 5.74) is 0. The van der Waals surface area contributed by atoms with E-state index in [0.717, 1.165) is 38.5 Å². The summed E-state index contributed by atoms with van der Waals surface area (Å²) in [5, 5.41) is 121. The van der Waals surface area contributed by atoms with E-state index >= 15 is 0 Å². The van der Waals surface area contributed by atoms with Gasteiger partial charge in [0.25, 0.3) is 0 Å². The van der Waals surface area contributed by atoms with E-state index in [4.69, 9.17) is 28.4 Å². The summed E-state index contributed by atoms with van der Waals surface area (Å²) in [6, 6.07) is -0.989. The van der Waals surface area contributed by atoms with E-state index in [1.807, 2.05) is 6.08 Å². The average Bonchev–Trinajstić information content (AvgIpc) is 0.789. The number of aliphatic hydroxyl groups excluding tert-OH is 11. The Morgan fingerprint density at radius 1 is 0.347 bits per heavy atom. The molecule has 12 N–H and O–H groups in total. The fourth-order valence-corrected chi connectivity index (χ4v) is 14.2. The molecule has 0 aromatic rings.